The van der Waals surface area contributed by atoms with Crippen LogP contribution >= 0.6 is 0 Å². The molecule has 3 saturated heterocycles. The Morgan fingerprint density at radius 3 is 2.00 bits per heavy atom. The van der Waals surface area contributed by atoms with Gasteiger partial charge in [-0.2, -0.15) is 0 Å². The van der Waals surface area contributed by atoms with Crippen LogP contribution in [0.5, 0.6) is 0 Å². The van der Waals surface area contributed by atoms with E-state index in [9.17, 15) is 0 Å². The Morgan fingerprint density at radius 1 is 1.00 bits per heavy atom. The zero-order chi connectivity index (χ0) is 13.7. The van der Waals surface area contributed by atoms with Gasteiger partial charge in [0, 0.05) is 17.6 Å². The van der Waals surface area contributed by atoms with Crippen LogP contribution in [0.15, 0.2) is 0 Å². The third-order valence-electron chi connectivity index (χ3n) is 4.62. The molecule has 0 radical (unpaired) electrons. The maximum atomic E-state index is 6.06. The Labute approximate surface area is 116 Å². The fraction of sp³-hybridized carbons (Fsp3) is 1.00. The predicted octanol–water partition coefficient (Wildman–Crippen LogP) is 1.82. The Hall–Kier alpha value is -0.160. The molecule has 0 aliphatic carbocycles. The van der Waals surface area contributed by atoms with E-state index in [0.717, 1.165) is 39.2 Å². The summed E-state index contributed by atoms with van der Waals surface area (Å²) < 4.78 is 16.7. The standard InChI is InChI=1S/C15H27NO3/c1-14(2)5-11(17-9-13-10-19-13)6-15(3,4)16(14)7-12-8-18-12/h11-13H,5-10H2,1-4H3. The SMILES string of the molecule is CC1(C)CC(OCC2CO2)CC(C)(C)N1CC1CO1. The second kappa shape index (κ2) is 4.69. The van der Waals surface area contributed by atoms with E-state index in [1.807, 2.05) is 0 Å². The smallest absolute Gasteiger partial charge is 0.104 e. The Balaban J connectivity index is 1.63. The summed E-state index contributed by atoms with van der Waals surface area (Å²) in [7, 11) is 0. The number of hydrogen-bond acceptors (Lipinski definition) is 4. The lowest BCUT2D eigenvalue weighted by Crippen LogP contribution is -2.63. The van der Waals surface area contributed by atoms with Crippen LogP contribution in [-0.4, -0.2) is 60.7 Å². The Bertz CT molecular complexity index is 316. The van der Waals surface area contributed by atoms with Crippen LogP contribution in [0, 0.1) is 0 Å². The van der Waals surface area contributed by atoms with E-state index in [0.29, 0.717) is 18.3 Å². The molecule has 3 aliphatic heterocycles. The van der Waals surface area contributed by atoms with Crippen molar-refractivity contribution in [3.8, 4) is 0 Å². The van der Waals surface area contributed by atoms with E-state index in [1.165, 1.54) is 0 Å². The maximum Gasteiger partial charge on any atom is 0.104 e. The van der Waals surface area contributed by atoms with Gasteiger partial charge in [0.05, 0.1) is 32.0 Å². The van der Waals surface area contributed by atoms with Crippen LogP contribution < -0.4 is 0 Å². The minimum Gasteiger partial charge on any atom is -0.375 e. The summed E-state index contributed by atoms with van der Waals surface area (Å²) in [4.78, 5) is 2.62. The van der Waals surface area contributed by atoms with Gasteiger partial charge in [-0.05, 0) is 40.5 Å². The highest BCUT2D eigenvalue weighted by atomic mass is 16.6. The van der Waals surface area contributed by atoms with Crippen LogP contribution in [0.1, 0.15) is 40.5 Å². The molecule has 0 N–H and O–H groups in total. The van der Waals surface area contributed by atoms with Crippen LogP contribution in [0.3, 0.4) is 0 Å². The van der Waals surface area contributed by atoms with Crippen LogP contribution in [0.4, 0.5) is 0 Å². The maximum absolute atomic E-state index is 6.06. The van der Waals surface area contributed by atoms with Crippen molar-refractivity contribution in [3.63, 3.8) is 0 Å². The van der Waals surface area contributed by atoms with Crippen molar-refractivity contribution in [1.29, 1.82) is 0 Å². The molecule has 3 heterocycles. The summed E-state index contributed by atoms with van der Waals surface area (Å²) in [5.74, 6) is 0. The van der Waals surface area contributed by atoms with Crippen LogP contribution in [0.2, 0.25) is 0 Å². The van der Waals surface area contributed by atoms with Gasteiger partial charge in [0.1, 0.15) is 6.10 Å². The quantitative estimate of drug-likeness (QED) is 0.714. The molecule has 3 rings (SSSR count). The Morgan fingerprint density at radius 2 is 1.53 bits per heavy atom. The number of piperidine rings is 1. The first kappa shape index (κ1) is 13.8. The molecule has 2 unspecified atom stereocenters. The van der Waals surface area contributed by atoms with Gasteiger partial charge in [0.25, 0.3) is 0 Å². The minimum absolute atomic E-state index is 0.169. The molecule has 0 amide bonds. The zero-order valence-corrected chi connectivity index (χ0v) is 12.6. The topological polar surface area (TPSA) is 37.5 Å². The molecule has 0 bridgehead atoms. The van der Waals surface area contributed by atoms with Crippen LogP contribution in [-0.2, 0) is 14.2 Å². The van der Waals surface area contributed by atoms with Gasteiger partial charge in [-0.1, -0.05) is 0 Å². The van der Waals surface area contributed by atoms with E-state index < -0.39 is 0 Å². The average molecular weight is 269 g/mol. The first-order chi connectivity index (χ1) is 8.87. The third-order valence-corrected chi connectivity index (χ3v) is 4.62. The van der Waals surface area contributed by atoms with Crippen molar-refractivity contribution in [3.05, 3.63) is 0 Å². The van der Waals surface area contributed by atoms with Gasteiger partial charge in [0.15, 0.2) is 0 Å². The number of nitrogens with zero attached hydrogens (tertiary/aromatic N) is 1. The van der Waals surface area contributed by atoms with Crippen molar-refractivity contribution in [2.75, 3.05) is 26.4 Å². The molecule has 4 nitrogen and oxygen atoms in total. The second-order valence-corrected chi connectivity index (χ2v) is 7.51. The first-order valence-corrected chi connectivity index (χ1v) is 7.49. The summed E-state index contributed by atoms with van der Waals surface area (Å²) in [6.45, 7) is 13.0. The predicted molar refractivity (Wildman–Crippen MR) is 73.3 cm³/mol. The van der Waals surface area contributed by atoms with Crippen LogP contribution in [0.25, 0.3) is 0 Å². The number of hydrogen-bond donors (Lipinski definition) is 0. The first-order valence-electron chi connectivity index (χ1n) is 7.49. The van der Waals surface area contributed by atoms with Crippen molar-refractivity contribution in [1.82, 2.24) is 4.90 Å². The van der Waals surface area contributed by atoms with E-state index in [-0.39, 0.29) is 11.1 Å². The second-order valence-electron chi connectivity index (χ2n) is 7.51. The molecule has 110 valence electrons. The van der Waals surface area contributed by atoms with Gasteiger partial charge in [-0.15, -0.1) is 0 Å². The molecule has 4 heteroatoms. The molecule has 0 spiro atoms. The lowest BCUT2D eigenvalue weighted by Gasteiger charge is -2.55. The van der Waals surface area contributed by atoms with Crippen molar-refractivity contribution in [2.24, 2.45) is 0 Å². The molecule has 19 heavy (non-hydrogen) atoms. The lowest BCUT2D eigenvalue weighted by molar-refractivity contribution is -0.107. The molecule has 3 aliphatic rings. The fourth-order valence-corrected chi connectivity index (χ4v) is 3.62. The summed E-state index contributed by atoms with van der Waals surface area (Å²) in [5.41, 5.74) is 0.339. The number of ether oxygens (including phenoxy) is 3. The largest absolute Gasteiger partial charge is 0.375 e. The third kappa shape index (κ3) is 3.30. The fourth-order valence-electron chi connectivity index (χ4n) is 3.62. The number of epoxide rings is 2. The van der Waals surface area contributed by atoms with Gasteiger partial charge in [-0.3, -0.25) is 4.90 Å². The molecular formula is C15H27NO3. The molecule has 2 atom stereocenters. The monoisotopic (exact) mass is 269 g/mol. The van der Waals surface area contributed by atoms with Crippen molar-refractivity contribution in [2.45, 2.75) is 69.9 Å². The molecule has 0 aromatic carbocycles. The average Bonchev–Trinajstić information content (AvgIpc) is 3.13. The highest BCUT2D eigenvalue weighted by Gasteiger charge is 2.47. The van der Waals surface area contributed by atoms with Gasteiger partial charge < -0.3 is 14.2 Å². The van der Waals surface area contributed by atoms with Crippen molar-refractivity contribution >= 4 is 0 Å². The van der Waals surface area contributed by atoms with E-state index in [2.05, 4.69) is 32.6 Å². The molecule has 0 saturated carbocycles. The van der Waals surface area contributed by atoms with E-state index in [4.69, 9.17) is 14.2 Å². The molecule has 3 fully saturated rings. The lowest BCUT2D eigenvalue weighted by atomic mass is 9.78. The van der Waals surface area contributed by atoms with Crippen molar-refractivity contribution < 1.29 is 14.2 Å². The number of likely N-dealkylation sites (tertiary alicyclic amines) is 1. The van der Waals surface area contributed by atoms with Gasteiger partial charge in [0.2, 0.25) is 0 Å². The number of rotatable bonds is 5. The zero-order valence-electron chi connectivity index (χ0n) is 12.6. The summed E-state index contributed by atoms with van der Waals surface area (Å²) in [6.07, 6.45) is 3.36. The Kier molecular flexibility index (Phi) is 3.41. The van der Waals surface area contributed by atoms with Gasteiger partial charge >= 0.3 is 0 Å². The van der Waals surface area contributed by atoms with E-state index >= 15 is 0 Å². The minimum atomic E-state index is 0.169. The summed E-state index contributed by atoms with van der Waals surface area (Å²) in [5, 5.41) is 0. The van der Waals surface area contributed by atoms with Gasteiger partial charge in [-0.25, -0.2) is 0 Å². The van der Waals surface area contributed by atoms with E-state index in [1.54, 1.807) is 0 Å². The summed E-state index contributed by atoms with van der Waals surface area (Å²) in [6, 6.07) is 0. The molecule has 0 aromatic rings. The molecular weight excluding hydrogens is 242 g/mol. The highest BCUT2D eigenvalue weighted by Crippen LogP contribution is 2.40. The normalized spacial score (nSPS) is 37.3. The highest BCUT2D eigenvalue weighted by molar-refractivity contribution is 5.02. The summed E-state index contributed by atoms with van der Waals surface area (Å²) >= 11 is 0. The molecule has 0 aromatic heterocycles.